The lowest BCUT2D eigenvalue weighted by Gasteiger charge is -2.22. The van der Waals surface area contributed by atoms with Gasteiger partial charge < -0.3 is 4.74 Å². The van der Waals surface area contributed by atoms with Crippen molar-refractivity contribution < 1.29 is 4.74 Å². The van der Waals surface area contributed by atoms with E-state index in [1.54, 1.807) is 6.21 Å². The fraction of sp³-hybridized carbons (Fsp3) is 0.250. The lowest BCUT2D eigenvalue weighted by atomic mass is 9.88. The molecule has 0 spiro atoms. The maximum atomic E-state index is 13.4. The highest BCUT2D eigenvalue weighted by Crippen LogP contribution is 2.32. The molecule has 0 saturated heterocycles. The average molecular weight is 516 g/mol. The zero-order valence-electron chi connectivity index (χ0n) is 18.9. The molecule has 172 valence electrons. The number of ether oxygens (including phenoxy) is 1. The van der Waals surface area contributed by atoms with Crippen LogP contribution in [0, 0.1) is 0 Å². The molecule has 0 aliphatic heterocycles. The molecule has 0 radical (unpaired) electrons. The molecule has 5 rings (SSSR count). The second kappa shape index (κ2) is 10.3. The van der Waals surface area contributed by atoms with E-state index in [2.05, 4.69) is 21.0 Å². The van der Waals surface area contributed by atoms with E-state index in [0.29, 0.717) is 17.7 Å². The number of halogens is 1. The first-order chi connectivity index (χ1) is 16.7. The summed E-state index contributed by atoms with van der Waals surface area (Å²) in [5, 5.41) is 5.25. The summed E-state index contributed by atoms with van der Waals surface area (Å²) in [5.74, 6) is 1.69. The highest BCUT2D eigenvalue weighted by molar-refractivity contribution is 9.10. The van der Waals surface area contributed by atoms with E-state index in [0.717, 1.165) is 52.6 Å². The van der Waals surface area contributed by atoms with Crippen LogP contribution in [0.3, 0.4) is 0 Å². The van der Waals surface area contributed by atoms with Crippen LogP contribution in [0.2, 0.25) is 0 Å². The van der Waals surface area contributed by atoms with Gasteiger partial charge in [0.15, 0.2) is 0 Å². The van der Waals surface area contributed by atoms with Crippen molar-refractivity contribution in [3.05, 3.63) is 105 Å². The molecule has 3 aromatic carbocycles. The molecule has 0 N–H and O–H groups in total. The van der Waals surface area contributed by atoms with Gasteiger partial charge >= 0.3 is 0 Å². The van der Waals surface area contributed by atoms with Gasteiger partial charge in [0.2, 0.25) is 0 Å². The van der Waals surface area contributed by atoms with Crippen molar-refractivity contribution in [1.82, 2.24) is 9.66 Å². The topological polar surface area (TPSA) is 56.5 Å². The first kappa shape index (κ1) is 22.5. The number of benzene rings is 3. The molecule has 1 fully saturated rings. The van der Waals surface area contributed by atoms with Gasteiger partial charge in [-0.25, -0.2) is 4.98 Å². The quantitative estimate of drug-likeness (QED) is 0.269. The summed E-state index contributed by atoms with van der Waals surface area (Å²) < 4.78 is 8.51. The second-order valence-electron chi connectivity index (χ2n) is 8.64. The summed E-state index contributed by atoms with van der Waals surface area (Å²) in [6, 6.07) is 23.3. The summed E-state index contributed by atoms with van der Waals surface area (Å²) in [4.78, 5) is 18.3. The molecular weight excluding hydrogens is 490 g/mol. The number of rotatable bonds is 6. The summed E-state index contributed by atoms with van der Waals surface area (Å²) in [5.41, 5.74) is 2.47. The van der Waals surface area contributed by atoms with Crippen molar-refractivity contribution >= 4 is 33.0 Å². The van der Waals surface area contributed by atoms with E-state index in [9.17, 15) is 4.79 Å². The monoisotopic (exact) mass is 515 g/mol. The minimum Gasteiger partial charge on any atom is -0.488 e. The first-order valence-corrected chi connectivity index (χ1v) is 12.5. The van der Waals surface area contributed by atoms with E-state index >= 15 is 0 Å². The Kier molecular flexibility index (Phi) is 6.86. The summed E-state index contributed by atoms with van der Waals surface area (Å²) in [6.45, 7) is 0.452. The number of fused-ring (bicyclic) bond motifs is 1. The molecule has 1 saturated carbocycles. The number of hydrogen-bond donors (Lipinski definition) is 0. The van der Waals surface area contributed by atoms with Gasteiger partial charge in [0.05, 0.1) is 17.1 Å². The Morgan fingerprint density at radius 3 is 2.59 bits per heavy atom. The van der Waals surface area contributed by atoms with Gasteiger partial charge in [-0.15, -0.1) is 0 Å². The SMILES string of the molecule is O=c1c2ccccc2nc(C2CCCCC2)n1N=Cc1cc(Br)ccc1OCc1ccccc1. The van der Waals surface area contributed by atoms with E-state index < -0.39 is 0 Å². The predicted molar refractivity (Wildman–Crippen MR) is 140 cm³/mol. The van der Waals surface area contributed by atoms with Crippen LogP contribution in [-0.2, 0) is 6.61 Å². The third-order valence-corrected chi connectivity index (χ3v) is 6.76. The molecular formula is C28H26BrN3O2. The zero-order chi connectivity index (χ0) is 23.3. The Bertz CT molecular complexity index is 1380. The fourth-order valence-electron chi connectivity index (χ4n) is 4.48. The van der Waals surface area contributed by atoms with Gasteiger partial charge in [0, 0.05) is 16.0 Å². The van der Waals surface area contributed by atoms with Crippen molar-refractivity contribution in [2.45, 2.75) is 44.6 Å². The van der Waals surface area contributed by atoms with E-state index in [1.165, 1.54) is 11.1 Å². The maximum absolute atomic E-state index is 13.4. The molecule has 1 aliphatic rings. The molecule has 4 aromatic rings. The highest BCUT2D eigenvalue weighted by Gasteiger charge is 2.22. The molecule has 0 bridgehead atoms. The van der Waals surface area contributed by atoms with Crippen LogP contribution in [0.5, 0.6) is 5.75 Å². The minimum atomic E-state index is -0.135. The Hall–Kier alpha value is -3.25. The zero-order valence-corrected chi connectivity index (χ0v) is 20.4. The van der Waals surface area contributed by atoms with Gasteiger partial charge in [-0.1, -0.05) is 77.7 Å². The molecule has 6 heteroatoms. The lowest BCUT2D eigenvalue weighted by Crippen LogP contribution is -2.25. The lowest BCUT2D eigenvalue weighted by molar-refractivity contribution is 0.305. The van der Waals surface area contributed by atoms with Crippen LogP contribution < -0.4 is 10.3 Å². The Morgan fingerprint density at radius 1 is 1.00 bits per heavy atom. The number of aromatic nitrogens is 2. The number of hydrogen-bond acceptors (Lipinski definition) is 4. The van der Waals surface area contributed by atoms with Crippen molar-refractivity contribution in [1.29, 1.82) is 0 Å². The van der Waals surface area contributed by atoms with Gasteiger partial charge in [-0.2, -0.15) is 9.78 Å². The van der Waals surface area contributed by atoms with Gasteiger partial charge in [-0.05, 0) is 48.7 Å². The van der Waals surface area contributed by atoms with E-state index in [1.807, 2.05) is 72.8 Å². The van der Waals surface area contributed by atoms with Crippen LogP contribution in [0.15, 0.2) is 87.2 Å². The van der Waals surface area contributed by atoms with E-state index in [-0.39, 0.29) is 11.5 Å². The summed E-state index contributed by atoms with van der Waals surface area (Å²) >= 11 is 3.54. The summed E-state index contributed by atoms with van der Waals surface area (Å²) in [6.07, 6.45) is 7.30. The molecule has 1 heterocycles. The van der Waals surface area contributed by atoms with Gasteiger partial charge in [0.1, 0.15) is 18.2 Å². The minimum absolute atomic E-state index is 0.135. The summed E-state index contributed by atoms with van der Waals surface area (Å²) in [7, 11) is 0. The Balaban J connectivity index is 1.53. The third kappa shape index (κ3) is 4.97. The van der Waals surface area contributed by atoms with Crippen LogP contribution >= 0.6 is 15.9 Å². The van der Waals surface area contributed by atoms with Crippen molar-refractivity contribution in [3.63, 3.8) is 0 Å². The van der Waals surface area contributed by atoms with Crippen LogP contribution in [-0.4, -0.2) is 15.9 Å². The average Bonchev–Trinajstić information content (AvgIpc) is 2.88. The van der Waals surface area contributed by atoms with Crippen LogP contribution in [0.4, 0.5) is 0 Å². The Morgan fingerprint density at radius 2 is 1.76 bits per heavy atom. The molecule has 0 atom stereocenters. The van der Waals surface area contributed by atoms with Crippen molar-refractivity contribution in [2.75, 3.05) is 0 Å². The standard InChI is InChI=1S/C28H26BrN3O2/c29-23-15-16-26(34-19-20-9-3-1-4-10-20)22(17-23)18-30-32-27(21-11-5-2-6-12-21)31-25-14-8-7-13-24(25)28(32)33/h1,3-4,7-10,13-18,21H,2,5-6,11-12,19H2. The molecule has 1 aromatic heterocycles. The van der Waals surface area contributed by atoms with E-state index in [4.69, 9.17) is 9.72 Å². The first-order valence-electron chi connectivity index (χ1n) is 11.7. The second-order valence-corrected chi connectivity index (χ2v) is 9.56. The fourth-order valence-corrected chi connectivity index (χ4v) is 4.86. The van der Waals surface area contributed by atoms with Crippen molar-refractivity contribution in [2.24, 2.45) is 5.10 Å². The van der Waals surface area contributed by atoms with Gasteiger partial charge in [0.25, 0.3) is 5.56 Å². The van der Waals surface area contributed by atoms with Crippen LogP contribution in [0.1, 0.15) is 55.0 Å². The highest BCUT2D eigenvalue weighted by atomic mass is 79.9. The number of nitrogens with zero attached hydrogens (tertiary/aromatic N) is 3. The maximum Gasteiger partial charge on any atom is 0.282 e. The number of para-hydroxylation sites is 1. The molecule has 34 heavy (non-hydrogen) atoms. The van der Waals surface area contributed by atoms with Crippen molar-refractivity contribution in [3.8, 4) is 5.75 Å². The molecule has 5 nitrogen and oxygen atoms in total. The largest absolute Gasteiger partial charge is 0.488 e. The predicted octanol–water partition coefficient (Wildman–Crippen LogP) is 6.67. The third-order valence-electron chi connectivity index (χ3n) is 6.27. The van der Waals surface area contributed by atoms with Gasteiger partial charge in [-0.3, -0.25) is 4.79 Å². The smallest absolute Gasteiger partial charge is 0.282 e. The molecule has 1 aliphatic carbocycles. The normalized spacial score (nSPS) is 14.6. The Labute approximate surface area is 207 Å². The van der Waals surface area contributed by atoms with Crippen LogP contribution in [0.25, 0.3) is 10.9 Å². The molecule has 0 unspecified atom stereocenters. The molecule has 0 amide bonds.